The number of fused-ring (bicyclic) bond motifs is 1. The Labute approximate surface area is 207 Å². The first-order valence-corrected chi connectivity index (χ1v) is 12.8. The third-order valence-corrected chi connectivity index (χ3v) is 7.72. The van der Waals surface area contributed by atoms with Crippen molar-refractivity contribution >= 4 is 21.4 Å². The van der Waals surface area contributed by atoms with Gasteiger partial charge in [-0.25, -0.2) is 0 Å². The highest BCUT2D eigenvalue weighted by Gasteiger charge is 2.31. The predicted molar refractivity (Wildman–Crippen MR) is 146 cm³/mol. The number of aryl methyl sites for hydroxylation is 2. The van der Waals surface area contributed by atoms with Gasteiger partial charge in [0.15, 0.2) is 0 Å². The fraction of sp³-hybridized carbons (Fsp3) is 0.355. The van der Waals surface area contributed by atoms with Crippen LogP contribution in [0.4, 0.5) is 0 Å². The van der Waals surface area contributed by atoms with Gasteiger partial charge in [0, 0.05) is 20.7 Å². The smallest absolute Gasteiger partial charge is 0.123 e. The molecule has 1 heterocycles. The van der Waals surface area contributed by atoms with Gasteiger partial charge in [-0.1, -0.05) is 95.1 Å². The molecule has 0 fully saturated rings. The second-order valence-corrected chi connectivity index (χ2v) is 12.7. The lowest BCUT2D eigenvalue weighted by molar-refractivity contribution is 0.432. The summed E-state index contributed by atoms with van der Waals surface area (Å²) >= 11 is 1.73. The molecule has 1 aromatic heterocycles. The number of phenolic OH excluding ortho intramolecular Hbond substituents is 2. The van der Waals surface area contributed by atoms with Crippen LogP contribution in [0, 0.1) is 13.8 Å². The minimum atomic E-state index is -0.278. The van der Waals surface area contributed by atoms with Crippen molar-refractivity contribution in [1.29, 1.82) is 0 Å². The van der Waals surface area contributed by atoms with Crippen molar-refractivity contribution in [2.45, 2.75) is 72.1 Å². The van der Waals surface area contributed by atoms with Gasteiger partial charge in [-0.05, 0) is 53.3 Å². The van der Waals surface area contributed by atoms with Crippen LogP contribution in [0.25, 0.3) is 10.1 Å². The average Bonchev–Trinajstić information content (AvgIpc) is 3.14. The van der Waals surface area contributed by atoms with Crippen LogP contribution in [0.2, 0.25) is 0 Å². The molecule has 0 spiro atoms. The quantitative estimate of drug-likeness (QED) is 0.313. The zero-order valence-corrected chi connectivity index (χ0v) is 22.4. The fourth-order valence-corrected chi connectivity index (χ4v) is 6.02. The lowest BCUT2D eigenvalue weighted by Crippen LogP contribution is -2.16. The number of phenols is 2. The number of hydrogen-bond donors (Lipinski definition) is 2. The molecule has 0 radical (unpaired) electrons. The molecule has 4 rings (SSSR count). The van der Waals surface area contributed by atoms with E-state index in [9.17, 15) is 10.2 Å². The summed E-state index contributed by atoms with van der Waals surface area (Å²) in [7, 11) is 0. The molecule has 0 aliphatic rings. The van der Waals surface area contributed by atoms with E-state index in [1.165, 1.54) is 10.1 Å². The van der Waals surface area contributed by atoms with Crippen molar-refractivity contribution in [3.8, 4) is 11.5 Å². The first-order chi connectivity index (χ1) is 15.8. The van der Waals surface area contributed by atoms with Gasteiger partial charge in [0.2, 0.25) is 0 Å². The summed E-state index contributed by atoms with van der Waals surface area (Å²) in [5, 5.41) is 24.4. The van der Waals surface area contributed by atoms with E-state index in [0.29, 0.717) is 11.5 Å². The highest BCUT2D eigenvalue weighted by atomic mass is 32.1. The van der Waals surface area contributed by atoms with E-state index in [4.69, 9.17) is 0 Å². The molecule has 0 saturated carbocycles. The molecule has 0 atom stereocenters. The first-order valence-electron chi connectivity index (χ1n) is 11.9. The van der Waals surface area contributed by atoms with E-state index in [1.54, 1.807) is 11.3 Å². The second kappa shape index (κ2) is 8.46. The van der Waals surface area contributed by atoms with Crippen molar-refractivity contribution in [2.75, 3.05) is 0 Å². The van der Waals surface area contributed by atoms with Crippen LogP contribution in [-0.2, 0) is 10.8 Å². The molecule has 0 aliphatic heterocycles. The highest BCUT2D eigenvalue weighted by molar-refractivity contribution is 7.19. The number of rotatable bonds is 3. The minimum Gasteiger partial charge on any atom is -0.507 e. The summed E-state index contributed by atoms with van der Waals surface area (Å²) < 4.78 is 1.20. The van der Waals surface area contributed by atoms with Crippen molar-refractivity contribution in [3.05, 3.63) is 92.9 Å². The normalized spacial score (nSPS) is 12.6. The maximum Gasteiger partial charge on any atom is 0.123 e. The summed E-state index contributed by atoms with van der Waals surface area (Å²) in [4.78, 5) is 1.11. The molecule has 178 valence electrons. The maximum atomic E-state index is 11.6. The monoisotopic (exact) mass is 472 g/mol. The van der Waals surface area contributed by atoms with E-state index < -0.39 is 0 Å². The lowest BCUT2D eigenvalue weighted by Gasteiger charge is -2.28. The Balaban J connectivity index is 2.09. The van der Waals surface area contributed by atoms with Crippen LogP contribution in [-0.4, -0.2) is 10.2 Å². The summed E-state index contributed by atoms with van der Waals surface area (Å²) in [5.41, 5.74) is 5.34. The molecule has 0 saturated heterocycles. The summed E-state index contributed by atoms with van der Waals surface area (Å²) in [6, 6.07) is 18.9. The van der Waals surface area contributed by atoms with Gasteiger partial charge in [0.05, 0.1) is 5.92 Å². The van der Waals surface area contributed by atoms with Gasteiger partial charge in [-0.2, -0.15) is 0 Å². The van der Waals surface area contributed by atoms with Crippen molar-refractivity contribution in [3.63, 3.8) is 0 Å². The SMILES string of the molecule is Cc1cc(C(c2cc3ccccc3s2)c2cc(C)cc(C(C)(C)C)c2O)c(O)c(C(C)(C)C)c1. The summed E-state index contributed by atoms with van der Waals surface area (Å²) in [5.74, 6) is 0.358. The molecule has 34 heavy (non-hydrogen) atoms. The Bertz CT molecular complexity index is 1260. The fourth-order valence-electron chi connectivity index (χ4n) is 4.82. The van der Waals surface area contributed by atoms with Gasteiger partial charge in [-0.15, -0.1) is 11.3 Å². The third-order valence-electron chi connectivity index (χ3n) is 6.53. The number of thiophene rings is 1. The molecular weight excluding hydrogens is 436 g/mol. The van der Waals surface area contributed by atoms with Crippen LogP contribution >= 0.6 is 11.3 Å². The molecule has 0 amide bonds. The van der Waals surface area contributed by atoms with E-state index in [1.807, 2.05) is 0 Å². The Morgan fingerprint density at radius 1 is 0.676 bits per heavy atom. The van der Waals surface area contributed by atoms with E-state index in [0.717, 1.165) is 38.3 Å². The second-order valence-electron chi connectivity index (χ2n) is 11.6. The molecule has 0 aliphatic carbocycles. The molecule has 3 heteroatoms. The highest BCUT2D eigenvalue weighted by Crippen LogP contribution is 2.49. The Kier molecular flexibility index (Phi) is 6.06. The molecule has 0 unspecified atom stereocenters. The molecule has 2 nitrogen and oxygen atoms in total. The molecule has 2 N–H and O–H groups in total. The van der Waals surface area contributed by atoms with Crippen molar-refractivity contribution in [1.82, 2.24) is 0 Å². The predicted octanol–water partition coefficient (Wildman–Crippen LogP) is 8.70. The van der Waals surface area contributed by atoms with Gasteiger partial charge in [0.1, 0.15) is 11.5 Å². The summed E-state index contributed by atoms with van der Waals surface area (Å²) in [6.07, 6.45) is 0. The Morgan fingerprint density at radius 3 is 1.59 bits per heavy atom. The minimum absolute atomic E-state index is 0.208. The van der Waals surface area contributed by atoms with E-state index in [-0.39, 0.29) is 16.7 Å². The molecule has 0 bridgehead atoms. The van der Waals surface area contributed by atoms with Crippen LogP contribution < -0.4 is 0 Å². The maximum absolute atomic E-state index is 11.6. The summed E-state index contributed by atoms with van der Waals surface area (Å²) in [6.45, 7) is 16.9. The zero-order valence-electron chi connectivity index (χ0n) is 21.6. The van der Waals surface area contributed by atoms with E-state index >= 15 is 0 Å². The number of aromatic hydroxyl groups is 2. The third kappa shape index (κ3) is 4.46. The molecule has 3 aromatic carbocycles. The molecule has 4 aromatic rings. The van der Waals surface area contributed by atoms with Crippen LogP contribution in [0.5, 0.6) is 11.5 Å². The van der Waals surface area contributed by atoms with Gasteiger partial charge >= 0.3 is 0 Å². The largest absolute Gasteiger partial charge is 0.507 e. The van der Waals surface area contributed by atoms with E-state index in [2.05, 4.69) is 110 Å². The van der Waals surface area contributed by atoms with Gasteiger partial charge in [0.25, 0.3) is 0 Å². The van der Waals surface area contributed by atoms with Crippen molar-refractivity contribution < 1.29 is 10.2 Å². The Hall–Kier alpha value is -2.78. The topological polar surface area (TPSA) is 40.5 Å². The van der Waals surface area contributed by atoms with Crippen LogP contribution in [0.1, 0.15) is 85.7 Å². The average molecular weight is 473 g/mol. The molecular formula is C31H36O2S. The van der Waals surface area contributed by atoms with Crippen LogP contribution in [0.3, 0.4) is 0 Å². The van der Waals surface area contributed by atoms with Crippen molar-refractivity contribution in [2.24, 2.45) is 0 Å². The van der Waals surface area contributed by atoms with Crippen LogP contribution in [0.15, 0.2) is 54.6 Å². The zero-order chi connectivity index (χ0) is 25.0. The Morgan fingerprint density at radius 2 is 1.15 bits per heavy atom. The number of hydrogen-bond acceptors (Lipinski definition) is 3. The first kappa shape index (κ1) is 24.3. The standard InChI is InChI=1S/C31H36O2S/c1-18-13-21(28(32)23(15-18)30(3,4)5)27(26-17-20-11-9-10-12-25(20)34-26)22-14-19(2)16-24(29(22)33)31(6,7)8/h9-17,27,32-33H,1-8H3. The number of benzene rings is 3. The van der Waals surface area contributed by atoms with Gasteiger partial charge in [-0.3, -0.25) is 0 Å². The lowest BCUT2D eigenvalue weighted by atomic mass is 9.77. The van der Waals surface area contributed by atoms with Gasteiger partial charge < -0.3 is 10.2 Å².